The van der Waals surface area contributed by atoms with Gasteiger partial charge in [-0.25, -0.2) is 4.39 Å². The second kappa shape index (κ2) is 6.17. The van der Waals surface area contributed by atoms with E-state index in [1.807, 2.05) is 12.1 Å². The van der Waals surface area contributed by atoms with Crippen molar-refractivity contribution in [2.45, 2.75) is 31.8 Å². The average molecular weight is 304 g/mol. The van der Waals surface area contributed by atoms with E-state index in [9.17, 15) is 4.39 Å². The fraction of sp³-hybridized carbons (Fsp3) is 0.333. The standard InChI is InChI=1S/C18H19ClFN/c1-12(15-9-10-16(19)17(20)11-15)21-18(14-7-8-14)13-5-3-2-4-6-13/h2-6,9-12,14,18,21H,7-8H2,1H3. The van der Waals surface area contributed by atoms with E-state index in [2.05, 4.69) is 36.5 Å². The van der Waals surface area contributed by atoms with Gasteiger partial charge in [-0.05, 0) is 48.9 Å². The van der Waals surface area contributed by atoms with E-state index in [0.717, 1.165) is 5.56 Å². The Balaban J connectivity index is 1.78. The summed E-state index contributed by atoms with van der Waals surface area (Å²) < 4.78 is 13.6. The monoisotopic (exact) mass is 303 g/mol. The highest BCUT2D eigenvalue weighted by molar-refractivity contribution is 6.30. The molecule has 1 aliphatic rings. The lowest BCUT2D eigenvalue weighted by Crippen LogP contribution is -2.26. The lowest BCUT2D eigenvalue weighted by molar-refractivity contribution is 0.426. The van der Waals surface area contributed by atoms with Crippen molar-refractivity contribution in [2.24, 2.45) is 5.92 Å². The van der Waals surface area contributed by atoms with Crippen LogP contribution in [0.5, 0.6) is 0 Å². The maximum atomic E-state index is 13.6. The van der Waals surface area contributed by atoms with E-state index in [1.54, 1.807) is 6.07 Å². The van der Waals surface area contributed by atoms with E-state index in [1.165, 1.54) is 24.5 Å². The molecular weight excluding hydrogens is 285 g/mol. The molecule has 3 rings (SSSR count). The summed E-state index contributed by atoms with van der Waals surface area (Å²) in [6, 6.07) is 15.9. The molecular formula is C18H19ClFN. The van der Waals surface area contributed by atoms with Crippen LogP contribution >= 0.6 is 11.6 Å². The summed E-state index contributed by atoms with van der Waals surface area (Å²) in [7, 11) is 0. The second-order valence-electron chi connectivity index (χ2n) is 5.79. The van der Waals surface area contributed by atoms with Gasteiger partial charge in [0.1, 0.15) is 5.82 Å². The van der Waals surface area contributed by atoms with Crippen LogP contribution in [0, 0.1) is 11.7 Å². The van der Waals surface area contributed by atoms with Gasteiger partial charge in [0.25, 0.3) is 0 Å². The quantitative estimate of drug-likeness (QED) is 0.792. The van der Waals surface area contributed by atoms with Crippen LogP contribution in [0.4, 0.5) is 4.39 Å². The Kier molecular flexibility index (Phi) is 4.27. The highest BCUT2D eigenvalue weighted by Gasteiger charge is 2.33. The van der Waals surface area contributed by atoms with E-state index in [0.29, 0.717) is 12.0 Å². The molecule has 110 valence electrons. The third-order valence-corrected chi connectivity index (χ3v) is 4.43. The minimum absolute atomic E-state index is 0.0857. The smallest absolute Gasteiger partial charge is 0.142 e. The number of benzene rings is 2. The Morgan fingerprint density at radius 1 is 1.10 bits per heavy atom. The Morgan fingerprint density at radius 2 is 1.81 bits per heavy atom. The maximum Gasteiger partial charge on any atom is 0.142 e. The van der Waals surface area contributed by atoms with Gasteiger partial charge in [-0.15, -0.1) is 0 Å². The molecule has 1 saturated carbocycles. The van der Waals surface area contributed by atoms with Gasteiger partial charge in [0.2, 0.25) is 0 Å². The van der Waals surface area contributed by atoms with Gasteiger partial charge in [0.05, 0.1) is 5.02 Å². The van der Waals surface area contributed by atoms with Crippen molar-refractivity contribution in [3.63, 3.8) is 0 Å². The van der Waals surface area contributed by atoms with Crippen LogP contribution in [0.1, 0.15) is 43.0 Å². The zero-order valence-corrected chi connectivity index (χ0v) is 12.8. The first-order chi connectivity index (χ1) is 10.1. The molecule has 0 aliphatic heterocycles. The third kappa shape index (κ3) is 3.45. The van der Waals surface area contributed by atoms with Gasteiger partial charge >= 0.3 is 0 Å². The number of halogens is 2. The fourth-order valence-electron chi connectivity index (χ4n) is 2.74. The molecule has 0 saturated heterocycles. The average Bonchev–Trinajstić information content (AvgIpc) is 3.33. The lowest BCUT2D eigenvalue weighted by Gasteiger charge is -2.24. The number of rotatable bonds is 5. The molecule has 1 aliphatic carbocycles. The van der Waals surface area contributed by atoms with Crippen LogP contribution in [0.25, 0.3) is 0 Å². The van der Waals surface area contributed by atoms with Crippen LogP contribution < -0.4 is 5.32 Å². The molecule has 2 aromatic carbocycles. The highest BCUT2D eigenvalue weighted by atomic mass is 35.5. The van der Waals surface area contributed by atoms with Crippen molar-refractivity contribution in [1.82, 2.24) is 5.32 Å². The molecule has 2 aromatic rings. The minimum atomic E-state index is -0.356. The van der Waals surface area contributed by atoms with Gasteiger partial charge in [0.15, 0.2) is 0 Å². The maximum absolute atomic E-state index is 13.6. The summed E-state index contributed by atoms with van der Waals surface area (Å²) in [5.74, 6) is 0.331. The van der Waals surface area contributed by atoms with E-state index >= 15 is 0 Å². The number of hydrogen-bond donors (Lipinski definition) is 1. The molecule has 0 spiro atoms. The number of hydrogen-bond acceptors (Lipinski definition) is 1. The summed E-state index contributed by atoms with van der Waals surface area (Å²) >= 11 is 5.75. The fourth-order valence-corrected chi connectivity index (χ4v) is 2.86. The van der Waals surface area contributed by atoms with Crippen LogP contribution in [-0.4, -0.2) is 0 Å². The summed E-state index contributed by atoms with van der Waals surface area (Å²) in [6.07, 6.45) is 2.52. The van der Waals surface area contributed by atoms with Crippen molar-refractivity contribution in [1.29, 1.82) is 0 Å². The van der Waals surface area contributed by atoms with Crippen molar-refractivity contribution in [2.75, 3.05) is 0 Å². The largest absolute Gasteiger partial charge is 0.303 e. The van der Waals surface area contributed by atoms with Gasteiger partial charge in [-0.2, -0.15) is 0 Å². The first-order valence-electron chi connectivity index (χ1n) is 7.41. The van der Waals surface area contributed by atoms with Gasteiger partial charge in [0, 0.05) is 12.1 Å². The van der Waals surface area contributed by atoms with Gasteiger partial charge in [-0.1, -0.05) is 48.0 Å². The summed E-state index contributed by atoms with van der Waals surface area (Å²) in [6.45, 7) is 2.07. The Morgan fingerprint density at radius 3 is 2.43 bits per heavy atom. The van der Waals surface area contributed by atoms with Crippen LogP contribution in [-0.2, 0) is 0 Å². The molecule has 0 radical (unpaired) electrons. The molecule has 1 fully saturated rings. The van der Waals surface area contributed by atoms with E-state index < -0.39 is 0 Å². The Bertz CT molecular complexity index is 610. The zero-order chi connectivity index (χ0) is 14.8. The van der Waals surface area contributed by atoms with Crippen LogP contribution in [0.15, 0.2) is 48.5 Å². The van der Waals surface area contributed by atoms with Crippen LogP contribution in [0.2, 0.25) is 5.02 Å². The first kappa shape index (κ1) is 14.6. The summed E-state index contributed by atoms with van der Waals surface area (Å²) in [5.41, 5.74) is 2.24. The predicted molar refractivity (Wildman–Crippen MR) is 84.9 cm³/mol. The van der Waals surface area contributed by atoms with Crippen LogP contribution in [0.3, 0.4) is 0 Å². The molecule has 0 bridgehead atoms. The van der Waals surface area contributed by atoms with Crippen molar-refractivity contribution < 1.29 is 4.39 Å². The van der Waals surface area contributed by atoms with Crippen molar-refractivity contribution in [3.8, 4) is 0 Å². The summed E-state index contributed by atoms with van der Waals surface area (Å²) in [5, 5.41) is 3.82. The van der Waals surface area contributed by atoms with E-state index in [-0.39, 0.29) is 16.9 Å². The molecule has 2 atom stereocenters. The first-order valence-corrected chi connectivity index (χ1v) is 7.79. The molecule has 0 heterocycles. The summed E-state index contributed by atoms with van der Waals surface area (Å²) in [4.78, 5) is 0. The normalized spacial score (nSPS) is 17.5. The van der Waals surface area contributed by atoms with Gasteiger partial charge in [-0.3, -0.25) is 0 Å². The molecule has 1 nitrogen and oxygen atoms in total. The molecule has 1 N–H and O–H groups in total. The molecule has 21 heavy (non-hydrogen) atoms. The SMILES string of the molecule is CC(NC(c1ccccc1)C1CC1)c1ccc(Cl)c(F)c1. The molecule has 0 amide bonds. The minimum Gasteiger partial charge on any atom is -0.303 e. The highest BCUT2D eigenvalue weighted by Crippen LogP contribution is 2.42. The Hall–Kier alpha value is -1.38. The topological polar surface area (TPSA) is 12.0 Å². The Labute approximate surface area is 130 Å². The molecule has 3 heteroatoms. The molecule has 0 aromatic heterocycles. The number of nitrogens with one attached hydrogen (secondary N) is 1. The molecule has 2 unspecified atom stereocenters. The zero-order valence-electron chi connectivity index (χ0n) is 12.0. The predicted octanol–water partition coefficient (Wildman–Crippen LogP) is 5.28. The van der Waals surface area contributed by atoms with Crippen molar-refractivity contribution in [3.05, 3.63) is 70.5 Å². The van der Waals surface area contributed by atoms with E-state index in [4.69, 9.17) is 11.6 Å². The van der Waals surface area contributed by atoms with Gasteiger partial charge < -0.3 is 5.32 Å². The lowest BCUT2D eigenvalue weighted by atomic mass is 9.99. The second-order valence-corrected chi connectivity index (χ2v) is 6.19. The van der Waals surface area contributed by atoms with Crippen molar-refractivity contribution >= 4 is 11.6 Å². The third-order valence-electron chi connectivity index (χ3n) is 4.13.